The van der Waals surface area contributed by atoms with Crippen molar-refractivity contribution in [2.45, 2.75) is 5.92 Å². The number of nitrogens with one attached hydrogen (secondary N) is 1. The summed E-state index contributed by atoms with van der Waals surface area (Å²) in [6.45, 7) is -1.38. The number of nitrogens with two attached hydrogens (primary N) is 1. The van der Waals surface area contributed by atoms with Crippen LogP contribution in [0.25, 0.3) is 16.5 Å². The van der Waals surface area contributed by atoms with Gasteiger partial charge in [0.05, 0.1) is 18.6 Å². The van der Waals surface area contributed by atoms with Crippen molar-refractivity contribution in [1.82, 2.24) is 9.97 Å². The lowest BCUT2D eigenvalue weighted by Gasteiger charge is -2.16. The topological polar surface area (TPSA) is 96.4 Å². The van der Waals surface area contributed by atoms with Crippen molar-refractivity contribution in [2.24, 2.45) is 4.99 Å². The highest BCUT2D eigenvalue weighted by atomic mass is 19.3. The summed E-state index contributed by atoms with van der Waals surface area (Å²) in [7, 11) is 0. The number of aromatic nitrogens is 2. The Bertz CT molecular complexity index is 804. The Kier molecular flexibility index (Phi) is 3.91. The molecule has 1 aliphatic rings. The Morgan fingerprint density at radius 1 is 1.30 bits per heavy atom. The van der Waals surface area contributed by atoms with Crippen molar-refractivity contribution in [1.29, 1.82) is 0 Å². The minimum atomic E-state index is -3.24. The molecule has 1 aromatic carbocycles. The molecule has 1 aromatic heterocycles. The first-order valence-electron chi connectivity index (χ1n) is 6.98. The molecule has 0 aliphatic carbocycles. The van der Waals surface area contributed by atoms with Gasteiger partial charge in [0.25, 0.3) is 5.92 Å². The zero-order valence-electron chi connectivity index (χ0n) is 12.1. The van der Waals surface area contributed by atoms with Crippen LogP contribution in [-0.2, 0) is 0 Å². The number of hydrogen-bond donors (Lipinski definition) is 3. The second-order valence-corrected chi connectivity index (χ2v) is 5.21. The summed E-state index contributed by atoms with van der Waals surface area (Å²) in [5.41, 5.74) is 8.21. The van der Waals surface area contributed by atoms with Gasteiger partial charge in [-0.1, -0.05) is 6.07 Å². The quantitative estimate of drug-likeness (QED) is 0.780. The molecule has 1 aliphatic heterocycles. The van der Waals surface area contributed by atoms with E-state index in [9.17, 15) is 8.78 Å². The average molecular weight is 319 g/mol. The van der Waals surface area contributed by atoms with Crippen LogP contribution in [0.4, 0.5) is 20.5 Å². The number of halogens is 2. The molecular weight excluding hydrogens is 304 g/mol. The van der Waals surface area contributed by atoms with Crippen LogP contribution >= 0.6 is 0 Å². The Morgan fingerprint density at radius 3 is 2.83 bits per heavy atom. The molecule has 0 spiro atoms. The number of aliphatic hydroxyl groups is 1. The van der Waals surface area contributed by atoms with Crippen LogP contribution in [0.15, 0.2) is 29.3 Å². The van der Waals surface area contributed by atoms with Crippen molar-refractivity contribution in [2.75, 3.05) is 30.7 Å². The molecule has 0 saturated heterocycles. The third-order valence-corrected chi connectivity index (χ3v) is 3.47. The minimum Gasteiger partial charge on any atom is -0.390 e. The number of benzene rings is 1. The van der Waals surface area contributed by atoms with Crippen molar-refractivity contribution < 1.29 is 13.9 Å². The number of aliphatic imine (C=N–C) groups is 1. The summed E-state index contributed by atoms with van der Waals surface area (Å²) >= 11 is 0. The molecule has 0 bridgehead atoms. The highest BCUT2D eigenvalue weighted by molar-refractivity contribution is 5.95. The molecule has 4 N–H and O–H groups in total. The number of fused-ring (bicyclic) bond motifs is 1. The van der Waals surface area contributed by atoms with Crippen molar-refractivity contribution in [3.63, 3.8) is 0 Å². The summed E-state index contributed by atoms with van der Waals surface area (Å²) in [6.07, 6.45) is 3.64. The maximum Gasteiger partial charge on any atom is 0.287 e. The van der Waals surface area contributed by atoms with Crippen LogP contribution in [0, 0.1) is 0 Å². The van der Waals surface area contributed by atoms with Gasteiger partial charge in [-0.15, -0.1) is 0 Å². The number of alkyl halides is 2. The van der Waals surface area contributed by atoms with Crippen LogP contribution in [0.1, 0.15) is 5.56 Å². The standard InChI is InChI=1S/C15H15F2N5O/c16-15(17,8-23)7-20-13-11-2-1-9(10-3-4-19-6-10)5-12(11)21-14(18)22-13/h1-5,23H,6-8H2,(H3,18,20,21,22). The number of nitrogens with zero attached hydrogens (tertiary/aromatic N) is 3. The van der Waals surface area contributed by atoms with Crippen molar-refractivity contribution in [3.05, 3.63) is 29.8 Å². The Balaban J connectivity index is 1.95. The summed E-state index contributed by atoms with van der Waals surface area (Å²) in [4.78, 5) is 12.2. The van der Waals surface area contributed by atoms with Crippen LogP contribution in [0.5, 0.6) is 0 Å². The van der Waals surface area contributed by atoms with E-state index in [4.69, 9.17) is 10.8 Å². The molecule has 0 unspecified atom stereocenters. The van der Waals surface area contributed by atoms with E-state index in [-0.39, 0.29) is 11.8 Å². The van der Waals surface area contributed by atoms with Gasteiger partial charge in [-0.2, -0.15) is 4.98 Å². The van der Waals surface area contributed by atoms with E-state index in [2.05, 4.69) is 20.3 Å². The van der Waals surface area contributed by atoms with Crippen LogP contribution < -0.4 is 11.1 Å². The first kappa shape index (κ1) is 15.3. The maximum absolute atomic E-state index is 13.2. The summed E-state index contributed by atoms with van der Waals surface area (Å²) in [6, 6.07) is 5.43. The number of aliphatic hydroxyl groups excluding tert-OH is 1. The number of hydrogen-bond acceptors (Lipinski definition) is 6. The van der Waals surface area contributed by atoms with Gasteiger partial charge >= 0.3 is 0 Å². The Labute approximate surface area is 130 Å². The fourth-order valence-corrected chi connectivity index (χ4v) is 2.28. The molecule has 120 valence electrons. The Morgan fingerprint density at radius 2 is 2.13 bits per heavy atom. The van der Waals surface area contributed by atoms with Gasteiger partial charge in [0.15, 0.2) is 0 Å². The number of allylic oxidation sites excluding steroid dienone is 1. The molecule has 0 amide bonds. The molecule has 0 fully saturated rings. The lowest BCUT2D eigenvalue weighted by atomic mass is 10.0. The fourth-order valence-electron chi connectivity index (χ4n) is 2.28. The predicted molar refractivity (Wildman–Crippen MR) is 85.8 cm³/mol. The molecule has 8 heteroatoms. The SMILES string of the molecule is Nc1nc(NCC(F)(F)CO)c2ccc(C3=CC=NC3)cc2n1. The second-order valence-electron chi connectivity index (χ2n) is 5.21. The molecule has 23 heavy (non-hydrogen) atoms. The fraction of sp³-hybridized carbons (Fsp3) is 0.267. The van der Waals surface area contributed by atoms with Gasteiger partial charge in [0.1, 0.15) is 12.4 Å². The van der Waals surface area contributed by atoms with Gasteiger partial charge in [-0.25, -0.2) is 13.8 Å². The number of rotatable bonds is 5. The Hall–Kier alpha value is -2.61. The molecule has 2 heterocycles. The summed E-state index contributed by atoms with van der Waals surface area (Å²) in [5, 5.41) is 11.7. The van der Waals surface area contributed by atoms with Gasteiger partial charge < -0.3 is 16.2 Å². The molecule has 6 nitrogen and oxygen atoms in total. The molecular formula is C15H15F2N5O. The first-order chi connectivity index (χ1) is 11.0. The molecule has 3 rings (SSSR count). The zero-order chi connectivity index (χ0) is 16.4. The zero-order valence-corrected chi connectivity index (χ0v) is 12.1. The first-order valence-corrected chi connectivity index (χ1v) is 6.98. The maximum atomic E-state index is 13.2. The van der Waals surface area contributed by atoms with Crippen molar-refractivity contribution in [3.8, 4) is 0 Å². The van der Waals surface area contributed by atoms with E-state index >= 15 is 0 Å². The van der Waals surface area contributed by atoms with Crippen LogP contribution in [0.2, 0.25) is 0 Å². The molecule has 0 radical (unpaired) electrons. The largest absolute Gasteiger partial charge is 0.390 e. The predicted octanol–water partition coefficient (Wildman–Crippen LogP) is 1.72. The highest BCUT2D eigenvalue weighted by Gasteiger charge is 2.27. The highest BCUT2D eigenvalue weighted by Crippen LogP contribution is 2.27. The van der Waals surface area contributed by atoms with E-state index in [1.165, 1.54) is 0 Å². The minimum absolute atomic E-state index is 0.0129. The van der Waals surface area contributed by atoms with Gasteiger partial charge in [0.2, 0.25) is 5.95 Å². The smallest absolute Gasteiger partial charge is 0.287 e. The van der Waals surface area contributed by atoms with Crippen LogP contribution in [-0.4, -0.2) is 46.9 Å². The van der Waals surface area contributed by atoms with Gasteiger partial charge in [0, 0.05) is 11.6 Å². The average Bonchev–Trinajstić information content (AvgIpc) is 3.06. The summed E-state index contributed by atoms with van der Waals surface area (Å²) < 4.78 is 26.4. The lowest BCUT2D eigenvalue weighted by Crippen LogP contribution is -2.31. The summed E-state index contributed by atoms with van der Waals surface area (Å²) in [5.74, 6) is -3.04. The molecule has 0 atom stereocenters. The van der Waals surface area contributed by atoms with Gasteiger partial charge in [-0.05, 0) is 29.3 Å². The van der Waals surface area contributed by atoms with Gasteiger partial charge in [-0.3, -0.25) is 4.99 Å². The third kappa shape index (κ3) is 3.26. The normalized spacial score (nSPS) is 14.3. The second kappa shape index (κ2) is 5.88. The van der Waals surface area contributed by atoms with E-state index < -0.39 is 19.1 Å². The van der Waals surface area contributed by atoms with E-state index in [0.29, 0.717) is 17.4 Å². The molecule has 2 aromatic rings. The van der Waals surface area contributed by atoms with E-state index in [1.54, 1.807) is 12.3 Å². The number of anilines is 2. The monoisotopic (exact) mass is 319 g/mol. The van der Waals surface area contributed by atoms with Crippen LogP contribution in [0.3, 0.4) is 0 Å². The number of nitrogen functional groups attached to an aromatic ring is 1. The molecule has 0 saturated carbocycles. The van der Waals surface area contributed by atoms with E-state index in [1.807, 2.05) is 18.2 Å². The van der Waals surface area contributed by atoms with Crippen molar-refractivity contribution >= 4 is 34.5 Å². The third-order valence-electron chi connectivity index (χ3n) is 3.47. The lowest BCUT2D eigenvalue weighted by molar-refractivity contribution is -0.0373. The van der Waals surface area contributed by atoms with E-state index in [0.717, 1.165) is 11.1 Å².